The highest BCUT2D eigenvalue weighted by molar-refractivity contribution is 5.99. The van der Waals surface area contributed by atoms with Crippen molar-refractivity contribution in [1.82, 2.24) is 15.5 Å². The van der Waals surface area contributed by atoms with Gasteiger partial charge in [-0.15, -0.1) is 12.4 Å². The van der Waals surface area contributed by atoms with Gasteiger partial charge in [0.05, 0.1) is 0 Å². The molecule has 22 heavy (non-hydrogen) atoms. The first kappa shape index (κ1) is 16.8. The van der Waals surface area contributed by atoms with E-state index in [0.717, 1.165) is 32.4 Å². The van der Waals surface area contributed by atoms with Crippen molar-refractivity contribution in [2.45, 2.75) is 31.3 Å². The van der Waals surface area contributed by atoms with Gasteiger partial charge in [0.15, 0.2) is 0 Å². The number of benzene rings is 1. The molecule has 0 spiro atoms. The van der Waals surface area contributed by atoms with Crippen molar-refractivity contribution >= 4 is 24.2 Å². The molecule has 2 amide bonds. The summed E-state index contributed by atoms with van der Waals surface area (Å²) >= 11 is 0. The van der Waals surface area contributed by atoms with Crippen LogP contribution in [0.25, 0.3) is 0 Å². The van der Waals surface area contributed by atoms with Gasteiger partial charge in [-0.05, 0) is 44.0 Å². The van der Waals surface area contributed by atoms with Crippen molar-refractivity contribution < 1.29 is 9.59 Å². The quantitative estimate of drug-likeness (QED) is 0.865. The van der Waals surface area contributed by atoms with Crippen molar-refractivity contribution in [3.05, 3.63) is 35.4 Å². The summed E-state index contributed by atoms with van der Waals surface area (Å²) in [4.78, 5) is 26.6. The molecule has 0 saturated carbocycles. The molecule has 5 nitrogen and oxygen atoms in total. The fourth-order valence-electron chi connectivity index (χ4n) is 3.40. The number of fused-ring (bicyclic) bond motifs is 2. The molecule has 3 rings (SSSR count). The zero-order chi connectivity index (χ0) is 14.8. The monoisotopic (exact) mass is 323 g/mol. The van der Waals surface area contributed by atoms with Gasteiger partial charge >= 0.3 is 0 Å². The second-order valence-corrected chi connectivity index (χ2v) is 5.75. The summed E-state index contributed by atoms with van der Waals surface area (Å²) in [6, 6.07) is 7.62. The molecule has 2 aliphatic rings. The van der Waals surface area contributed by atoms with E-state index >= 15 is 0 Å². The van der Waals surface area contributed by atoms with E-state index < -0.39 is 0 Å². The molecule has 1 aromatic rings. The molecule has 2 heterocycles. The molecule has 2 unspecified atom stereocenters. The number of nitrogens with one attached hydrogen (secondary N) is 2. The van der Waals surface area contributed by atoms with Gasteiger partial charge in [0.25, 0.3) is 11.8 Å². The smallest absolute Gasteiger partial charge is 0.254 e. The van der Waals surface area contributed by atoms with Crippen LogP contribution in [0.1, 0.15) is 40.0 Å². The Bertz CT molecular complexity index is 550. The minimum absolute atomic E-state index is 0. The minimum Gasteiger partial charge on any atom is -0.355 e. The van der Waals surface area contributed by atoms with Crippen LogP contribution >= 0.6 is 12.4 Å². The summed E-state index contributed by atoms with van der Waals surface area (Å²) in [5.74, 6) is -0.109. The number of carbonyl (C=O) groups excluding carboxylic acids is 2. The number of nitrogens with zero attached hydrogens (tertiary/aromatic N) is 1. The van der Waals surface area contributed by atoms with Crippen LogP contribution < -0.4 is 10.6 Å². The van der Waals surface area contributed by atoms with Gasteiger partial charge in [-0.1, -0.05) is 6.07 Å². The molecule has 6 heteroatoms. The Morgan fingerprint density at radius 1 is 1.18 bits per heavy atom. The van der Waals surface area contributed by atoms with Crippen molar-refractivity contribution in [2.75, 3.05) is 20.1 Å². The molecular formula is C16H22ClN3O2. The summed E-state index contributed by atoms with van der Waals surface area (Å²) in [5, 5.41) is 5.99. The summed E-state index contributed by atoms with van der Waals surface area (Å²) in [6.45, 7) is 1.85. The summed E-state index contributed by atoms with van der Waals surface area (Å²) in [7, 11) is 1.59. The Morgan fingerprint density at radius 3 is 2.68 bits per heavy atom. The van der Waals surface area contributed by atoms with Crippen LogP contribution in [-0.4, -0.2) is 48.9 Å². The topological polar surface area (TPSA) is 61.4 Å². The highest BCUT2D eigenvalue weighted by atomic mass is 35.5. The lowest BCUT2D eigenvalue weighted by molar-refractivity contribution is 0.0680. The van der Waals surface area contributed by atoms with Crippen molar-refractivity contribution in [3.8, 4) is 0 Å². The molecule has 1 aromatic carbocycles. The highest BCUT2D eigenvalue weighted by Crippen LogP contribution is 2.29. The van der Waals surface area contributed by atoms with E-state index in [0.29, 0.717) is 17.2 Å². The Hall–Kier alpha value is -1.59. The van der Waals surface area contributed by atoms with Crippen LogP contribution in [0.2, 0.25) is 0 Å². The number of halogens is 1. The van der Waals surface area contributed by atoms with Crippen LogP contribution in [0, 0.1) is 0 Å². The third-order valence-corrected chi connectivity index (χ3v) is 4.49. The first-order valence-corrected chi connectivity index (χ1v) is 7.56. The molecule has 2 N–H and O–H groups in total. The molecule has 120 valence electrons. The maximum Gasteiger partial charge on any atom is 0.254 e. The van der Waals surface area contributed by atoms with E-state index in [1.807, 2.05) is 4.90 Å². The second-order valence-electron chi connectivity index (χ2n) is 5.75. The van der Waals surface area contributed by atoms with E-state index in [1.165, 1.54) is 0 Å². The molecule has 0 aromatic heterocycles. The van der Waals surface area contributed by atoms with Gasteiger partial charge in [0.2, 0.25) is 0 Å². The molecule has 0 aliphatic carbocycles. The van der Waals surface area contributed by atoms with Gasteiger partial charge in [-0.3, -0.25) is 9.59 Å². The third-order valence-electron chi connectivity index (χ3n) is 4.49. The predicted molar refractivity (Wildman–Crippen MR) is 87.5 cm³/mol. The lowest BCUT2D eigenvalue weighted by atomic mass is 10.1. The molecule has 2 bridgehead atoms. The third kappa shape index (κ3) is 3.10. The number of rotatable bonds is 2. The summed E-state index contributed by atoms with van der Waals surface area (Å²) < 4.78 is 0. The molecule has 0 radical (unpaired) electrons. The number of hydrogen-bond donors (Lipinski definition) is 2. The maximum absolute atomic E-state index is 12.8. The average Bonchev–Trinajstić information content (AvgIpc) is 2.79. The molecule has 2 saturated heterocycles. The lowest BCUT2D eigenvalue weighted by Crippen LogP contribution is -2.42. The molecule has 2 atom stereocenters. The van der Waals surface area contributed by atoms with Gasteiger partial charge in [-0.25, -0.2) is 0 Å². The van der Waals surface area contributed by atoms with E-state index in [1.54, 1.807) is 31.3 Å². The number of amides is 2. The minimum atomic E-state index is -0.162. The number of hydrogen-bond acceptors (Lipinski definition) is 3. The summed E-state index contributed by atoms with van der Waals surface area (Å²) in [5.41, 5.74) is 1.14. The predicted octanol–water partition coefficient (Wildman–Crippen LogP) is 1.43. The van der Waals surface area contributed by atoms with E-state index in [9.17, 15) is 9.59 Å². The normalized spacial score (nSPS) is 23.4. The van der Waals surface area contributed by atoms with Crippen molar-refractivity contribution in [2.24, 2.45) is 0 Å². The van der Waals surface area contributed by atoms with Crippen molar-refractivity contribution in [3.63, 3.8) is 0 Å². The molecule has 2 fully saturated rings. The van der Waals surface area contributed by atoms with Gasteiger partial charge in [0.1, 0.15) is 0 Å². The van der Waals surface area contributed by atoms with E-state index in [-0.39, 0.29) is 30.3 Å². The standard InChI is InChI=1S/C16H21N3O2.ClH/c1-17-15(20)11-3-2-4-12(9-11)16(21)19-13-5-6-14(19)10-18-8-7-13;/h2-4,9,13-14,18H,5-8,10H2,1H3,(H,17,20);1H. The Kier molecular flexibility index (Phi) is 5.42. The zero-order valence-corrected chi connectivity index (χ0v) is 13.5. The molecular weight excluding hydrogens is 302 g/mol. The van der Waals surface area contributed by atoms with E-state index in [4.69, 9.17) is 0 Å². The van der Waals surface area contributed by atoms with E-state index in [2.05, 4.69) is 10.6 Å². The number of carbonyl (C=O) groups is 2. The van der Waals surface area contributed by atoms with Gasteiger partial charge < -0.3 is 15.5 Å². The fraction of sp³-hybridized carbons (Fsp3) is 0.500. The Balaban J connectivity index is 0.00000176. The van der Waals surface area contributed by atoms with Gasteiger partial charge in [-0.2, -0.15) is 0 Å². The Morgan fingerprint density at radius 2 is 1.91 bits per heavy atom. The SMILES string of the molecule is CNC(=O)c1cccc(C(=O)N2C3CCNCC2CC3)c1.Cl. The Labute approximate surface area is 136 Å². The highest BCUT2D eigenvalue weighted by Gasteiger charge is 2.38. The zero-order valence-electron chi connectivity index (χ0n) is 12.7. The second kappa shape index (κ2) is 7.11. The largest absolute Gasteiger partial charge is 0.355 e. The molecule has 2 aliphatic heterocycles. The van der Waals surface area contributed by atoms with Crippen LogP contribution in [0.5, 0.6) is 0 Å². The van der Waals surface area contributed by atoms with Crippen molar-refractivity contribution in [1.29, 1.82) is 0 Å². The first-order chi connectivity index (χ1) is 10.2. The maximum atomic E-state index is 12.8. The fourth-order valence-corrected chi connectivity index (χ4v) is 3.40. The van der Waals surface area contributed by atoms with Crippen LogP contribution in [0.15, 0.2) is 24.3 Å². The van der Waals surface area contributed by atoms with Crippen LogP contribution in [0.3, 0.4) is 0 Å². The first-order valence-electron chi connectivity index (χ1n) is 7.56. The lowest BCUT2D eigenvalue weighted by Gasteiger charge is -2.28. The average molecular weight is 324 g/mol. The van der Waals surface area contributed by atoms with Crippen LogP contribution in [-0.2, 0) is 0 Å². The van der Waals surface area contributed by atoms with Gasteiger partial charge in [0, 0.05) is 36.8 Å². The summed E-state index contributed by atoms with van der Waals surface area (Å²) in [6.07, 6.45) is 3.17. The van der Waals surface area contributed by atoms with Crippen LogP contribution in [0.4, 0.5) is 0 Å².